The van der Waals surface area contributed by atoms with Crippen molar-refractivity contribution < 1.29 is 4.74 Å². The second-order valence-corrected chi connectivity index (χ2v) is 9.17. The maximum absolute atomic E-state index is 6.08. The van der Waals surface area contributed by atoms with Crippen LogP contribution in [0.2, 0.25) is 0 Å². The summed E-state index contributed by atoms with van der Waals surface area (Å²) in [6, 6.07) is 0. The molecule has 0 spiro atoms. The fourth-order valence-electron chi connectivity index (χ4n) is 3.33. The molecule has 1 aliphatic rings. The SMILES string of the molecule is CCNC(=NCc1nc(C)c(C)s1)NCC1CCCOC1C(C)(C)C.I. The molecule has 1 fully saturated rings. The predicted octanol–water partition coefficient (Wildman–Crippen LogP) is 4.27. The summed E-state index contributed by atoms with van der Waals surface area (Å²) in [5.74, 6) is 1.38. The maximum Gasteiger partial charge on any atom is 0.191 e. The van der Waals surface area contributed by atoms with Gasteiger partial charge in [-0.25, -0.2) is 9.98 Å². The van der Waals surface area contributed by atoms with E-state index in [4.69, 9.17) is 9.73 Å². The molecule has 1 aromatic rings. The molecule has 2 atom stereocenters. The molecule has 1 aliphatic heterocycles. The molecule has 7 heteroatoms. The summed E-state index contributed by atoms with van der Waals surface area (Å²) in [5.41, 5.74) is 1.28. The van der Waals surface area contributed by atoms with Gasteiger partial charge in [-0.3, -0.25) is 0 Å². The molecule has 0 aromatic carbocycles. The van der Waals surface area contributed by atoms with Gasteiger partial charge in [-0.2, -0.15) is 0 Å². The third-order valence-electron chi connectivity index (χ3n) is 4.62. The molecule has 0 saturated carbocycles. The number of hydrogen-bond acceptors (Lipinski definition) is 4. The van der Waals surface area contributed by atoms with E-state index in [0.717, 1.165) is 42.8 Å². The monoisotopic (exact) mass is 494 g/mol. The Labute approximate surface area is 179 Å². The van der Waals surface area contributed by atoms with E-state index in [0.29, 0.717) is 18.6 Å². The summed E-state index contributed by atoms with van der Waals surface area (Å²) in [4.78, 5) is 10.6. The highest BCUT2D eigenvalue weighted by Gasteiger charge is 2.35. The van der Waals surface area contributed by atoms with Gasteiger partial charge in [0.25, 0.3) is 0 Å². The predicted molar refractivity (Wildman–Crippen MR) is 122 cm³/mol. The summed E-state index contributed by atoms with van der Waals surface area (Å²) in [7, 11) is 0. The number of nitrogens with zero attached hydrogens (tertiary/aromatic N) is 2. The van der Waals surface area contributed by atoms with Gasteiger partial charge in [0.05, 0.1) is 18.3 Å². The highest BCUT2D eigenvalue weighted by molar-refractivity contribution is 14.0. The molecule has 26 heavy (non-hydrogen) atoms. The second kappa shape index (κ2) is 10.8. The average molecular weight is 494 g/mol. The summed E-state index contributed by atoms with van der Waals surface area (Å²) < 4.78 is 6.08. The number of aromatic nitrogens is 1. The lowest BCUT2D eigenvalue weighted by Crippen LogP contribution is -2.47. The molecule has 1 aromatic heterocycles. The quantitative estimate of drug-likeness (QED) is 0.365. The van der Waals surface area contributed by atoms with Crippen LogP contribution in [0.3, 0.4) is 0 Å². The zero-order chi connectivity index (χ0) is 18.4. The number of thiazole rings is 1. The molecule has 1 saturated heterocycles. The number of ether oxygens (including phenoxy) is 1. The van der Waals surface area contributed by atoms with Crippen molar-refractivity contribution in [3.8, 4) is 0 Å². The van der Waals surface area contributed by atoms with Crippen molar-refractivity contribution in [2.75, 3.05) is 19.7 Å². The minimum atomic E-state index is 0. The van der Waals surface area contributed by atoms with Crippen LogP contribution in [0.5, 0.6) is 0 Å². The average Bonchev–Trinajstić information content (AvgIpc) is 2.88. The van der Waals surface area contributed by atoms with Gasteiger partial charge in [0.1, 0.15) is 5.01 Å². The van der Waals surface area contributed by atoms with Crippen molar-refractivity contribution in [2.45, 2.75) is 67.0 Å². The Morgan fingerprint density at radius 2 is 2.04 bits per heavy atom. The molecule has 2 N–H and O–H groups in total. The first kappa shape index (κ1) is 23.6. The molecule has 2 unspecified atom stereocenters. The van der Waals surface area contributed by atoms with Gasteiger partial charge in [0.2, 0.25) is 0 Å². The van der Waals surface area contributed by atoms with Gasteiger partial charge in [-0.15, -0.1) is 35.3 Å². The minimum Gasteiger partial charge on any atom is -0.377 e. The zero-order valence-corrected chi connectivity index (χ0v) is 20.2. The number of halogens is 1. The second-order valence-electron chi connectivity index (χ2n) is 7.88. The van der Waals surface area contributed by atoms with Crippen LogP contribution in [0.4, 0.5) is 0 Å². The summed E-state index contributed by atoms with van der Waals surface area (Å²) >= 11 is 1.73. The third kappa shape index (κ3) is 6.96. The van der Waals surface area contributed by atoms with E-state index in [2.05, 4.69) is 57.2 Å². The van der Waals surface area contributed by atoms with Crippen molar-refractivity contribution in [1.29, 1.82) is 0 Å². The van der Waals surface area contributed by atoms with Gasteiger partial charge in [-0.1, -0.05) is 20.8 Å². The summed E-state index contributed by atoms with van der Waals surface area (Å²) in [5, 5.41) is 7.93. The van der Waals surface area contributed by atoms with Gasteiger partial charge >= 0.3 is 0 Å². The lowest BCUT2D eigenvalue weighted by molar-refractivity contribution is -0.0835. The highest BCUT2D eigenvalue weighted by Crippen LogP contribution is 2.33. The number of aliphatic imine (C=N–C) groups is 1. The maximum atomic E-state index is 6.08. The first-order chi connectivity index (χ1) is 11.8. The Morgan fingerprint density at radius 1 is 1.31 bits per heavy atom. The lowest BCUT2D eigenvalue weighted by atomic mass is 9.78. The van der Waals surface area contributed by atoms with Gasteiger partial charge in [-0.05, 0) is 39.0 Å². The number of hydrogen-bond donors (Lipinski definition) is 2. The van der Waals surface area contributed by atoms with E-state index < -0.39 is 0 Å². The van der Waals surface area contributed by atoms with Crippen molar-refractivity contribution in [3.63, 3.8) is 0 Å². The van der Waals surface area contributed by atoms with E-state index in [-0.39, 0.29) is 29.4 Å². The van der Waals surface area contributed by atoms with Crippen LogP contribution in [-0.2, 0) is 11.3 Å². The Morgan fingerprint density at radius 3 is 2.62 bits per heavy atom. The fourth-order valence-corrected chi connectivity index (χ4v) is 4.19. The summed E-state index contributed by atoms with van der Waals surface area (Å²) in [6.45, 7) is 16.3. The van der Waals surface area contributed by atoms with Crippen LogP contribution in [-0.4, -0.2) is 36.7 Å². The number of guanidine groups is 1. The Balaban J connectivity index is 0.00000338. The van der Waals surface area contributed by atoms with Crippen LogP contribution >= 0.6 is 35.3 Å². The van der Waals surface area contributed by atoms with E-state index >= 15 is 0 Å². The minimum absolute atomic E-state index is 0. The van der Waals surface area contributed by atoms with Gasteiger partial charge in [0, 0.05) is 30.5 Å². The Kier molecular flexibility index (Phi) is 9.82. The standard InChI is InChI=1S/C19H34N4OS.HI/c1-7-20-18(22-12-16-23-13(2)14(3)25-16)21-11-15-9-8-10-24-17(15)19(4,5)6;/h15,17H,7-12H2,1-6H3,(H2,20,21,22);1H. The highest BCUT2D eigenvalue weighted by atomic mass is 127. The van der Waals surface area contributed by atoms with E-state index in [9.17, 15) is 0 Å². The van der Waals surface area contributed by atoms with Crippen molar-refractivity contribution >= 4 is 41.3 Å². The molecule has 0 bridgehead atoms. The fraction of sp³-hybridized carbons (Fsp3) is 0.789. The largest absolute Gasteiger partial charge is 0.377 e. The Bertz CT molecular complexity index is 563. The molecular weight excluding hydrogens is 459 g/mol. The van der Waals surface area contributed by atoms with Gasteiger partial charge < -0.3 is 15.4 Å². The van der Waals surface area contributed by atoms with Crippen LogP contribution in [0.1, 0.15) is 56.1 Å². The topological polar surface area (TPSA) is 58.5 Å². The molecule has 0 radical (unpaired) electrons. The van der Waals surface area contributed by atoms with Gasteiger partial charge in [0.15, 0.2) is 5.96 Å². The zero-order valence-electron chi connectivity index (χ0n) is 17.0. The van der Waals surface area contributed by atoms with E-state index in [1.165, 1.54) is 11.3 Å². The third-order valence-corrected chi connectivity index (χ3v) is 5.68. The summed E-state index contributed by atoms with van der Waals surface area (Å²) in [6.07, 6.45) is 2.64. The van der Waals surface area contributed by atoms with E-state index in [1.54, 1.807) is 11.3 Å². The first-order valence-corrected chi connectivity index (χ1v) is 10.2. The molecular formula is C19H35IN4OS. The normalized spacial score (nSPS) is 21.2. The molecule has 2 rings (SSSR count). The van der Waals surface area contributed by atoms with Crippen LogP contribution in [0.25, 0.3) is 0 Å². The Hall–Kier alpha value is -0.410. The smallest absolute Gasteiger partial charge is 0.191 e. The van der Waals surface area contributed by atoms with Crippen LogP contribution < -0.4 is 10.6 Å². The number of rotatable bonds is 5. The van der Waals surface area contributed by atoms with Crippen molar-refractivity contribution in [1.82, 2.24) is 15.6 Å². The van der Waals surface area contributed by atoms with Crippen LogP contribution in [0.15, 0.2) is 4.99 Å². The molecule has 0 aliphatic carbocycles. The first-order valence-electron chi connectivity index (χ1n) is 9.38. The molecule has 150 valence electrons. The van der Waals surface area contributed by atoms with Crippen molar-refractivity contribution in [3.05, 3.63) is 15.6 Å². The lowest BCUT2D eigenvalue weighted by Gasteiger charge is -2.40. The van der Waals surface area contributed by atoms with Crippen molar-refractivity contribution in [2.24, 2.45) is 16.3 Å². The number of nitrogens with one attached hydrogen (secondary N) is 2. The number of aryl methyl sites for hydroxylation is 2. The van der Waals surface area contributed by atoms with Crippen LogP contribution in [0, 0.1) is 25.2 Å². The van der Waals surface area contributed by atoms with E-state index in [1.807, 2.05) is 0 Å². The molecule has 5 nitrogen and oxygen atoms in total. The molecule has 2 heterocycles. The molecule has 0 amide bonds.